The van der Waals surface area contributed by atoms with Crippen molar-refractivity contribution in [2.45, 2.75) is 78.1 Å². The molecule has 0 aromatic rings. The molecule has 4 aliphatic carbocycles. The second-order valence-corrected chi connectivity index (χ2v) is 8.45. The van der Waals surface area contributed by atoms with Gasteiger partial charge >= 0.3 is 0 Å². The molecule has 0 aliphatic heterocycles. The second-order valence-electron chi connectivity index (χ2n) is 8.45. The molecule has 0 amide bonds. The fourth-order valence-electron chi connectivity index (χ4n) is 6.46. The Labute approximate surface area is 146 Å². The van der Waals surface area contributed by atoms with Crippen LogP contribution in [0.2, 0.25) is 0 Å². The summed E-state index contributed by atoms with van der Waals surface area (Å²) in [6.45, 7) is 5.28. The molecule has 2 fully saturated rings. The number of hydrogen-bond donors (Lipinski definition) is 0. The summed E-state index contributed by atoms with van der Waals surface area (Å²) in [7, 11) is 0. The van der Waals surface area contributed by atoms with E-state index in [1.54, 1.807) is 11.1 Å². The van der Waals surface area contributed by atoms with E-state index in [0.717, 1.165) is 63.4 Å². The Hall–Kier alpha value is -1.05. The van der Waals surface area contributed by atoms with E-state index in [9.17, 15) is 4.79 Å². The number of carbonyl (C=O) groups is 1. The van der Waals surface area contributed by atoms with Crippen LogP contribution in [0, 0.1) is 23.2 Å². The first-order valence-electron chi connectivity index (χ1n) is 10.3. The smallest absolute Gasteiger partial charge is 0.139 e. The van der Waals surface area contributed by atoms with Gasteiger partial charge in [-0.2, -0.15) is 0 Å². The number of ether oxygens (including phenoxy) is 1. The minimum Gasteiger partial charge on any atom is -0.498 e. The summed E-state index contributed by atoms with van der Waals surface area (Å²) in [5.74, 6) is 4.00. The maximum atomic E-state index is 12.6. The molecular formula is C22H32O2. The quantitative estimate of drug-likeness (QED) is 0.629. The van der Waals surface area contributed by atoms with Crippen molar-refractivity contribution in [2.75, 3.05) is 6.61 Å². The van der Waals surface area contributed by atoms with Crippen LogP contribution in [-0.4, -0.2) is 12.4 Å². The van der Waals surface area contributed by atoms with Crippen molar-refractivity contribution in [1.29, 1.82) is 0 Å². The first-order valence-corrected chi connectivity index (χ1v) is 10.3. The average Bonchev–Trinajstić information content (AvgIpc) is 2.96. The Bertz CT molecular complexity index is 585. The van der Waals surface area contributed by atoms with Crippen LogP contribution in [0.5, 0.6) is 0 Å². The van der Waals surface area contributed by atoms with E-state index in [0.29, 0.717) is 11.7 Å². The summed E-state index contributed by atoms with van der Waals surface area (Å²) in [4.78, 5) is 12.6. The lowest BCUT2D eigenvalue weighted by Gasteiger charge is -2.50. The monoisotopic (exact) mass is 328 g/mol. The van der Waals surface area contributed by atoms with Crippen LogP contribution in [0.15, 0.2) is 23.0 Å². The molecule has 0 aromatic heterocycles. The highest BCUT2D eigenvalue weighted by atomic mass is 16.5. The van der Waals surface area contributed by atoms with Gasteiger partial charge in [-0.05, 0) is 75.2 Å². The lowest BCUT2D eigenvalue weighted by atomic mass is 9.53. The van der Waals surface area contributed by atoms with Gasteiger partial charge in [0.05, 0.1) is 12.4 Å². The summed E-state index contributed by atoms with van der Waals surface area (Å²) < 4.78 is 5.92. The normalized spacial score (nSPS) is 38.3. The van der Waals surface area contributed by atoms with Crippen LogP contribution in [0.4, 0.5) is 0 Å². The van der Waals surface area contributed by atoms with Crippen molar-refractivity contribution < 1.29 is 9.53 Å². The summed E-state index contributed by atoms with van der Waals surface area (Å²) in [6.07, 6.45) is 13.6. The lowest BCUT2D eigenvalue weighted by molar-refractivity contribution is -0.131. The molecule has 2 saturated carbocycles. The van der Waals surface area contributed by atoms with Crippen LogP contribution in [0.3, 0.4) is 0 Å². The van der Waals surface area contributed by atoms with E-state index in [4.69, 9.17) is 4.74 Å². The molecule has 0 bridgehead atoms. The van der Waals surface area contributed by atoms with Crippen molar-refractivity contribution in [3.63, 3.8) is 0 Å². The van der Waals surface area contributed by atoms with Gasteiger partial charge in [0, 0.05) is 18.3 Å². The SMILES string of the molecule is CCCOC1=CCC2=C(CC[C@@H]3[C@@H]2CC[C@]2(CC)C(=O)CC[C@@H]32)C1. The maximum Gasteiger partial charge on any atom is 0.139 e. The minimum atomic E-state index is 0.0547. The maximum absolute atomic E-state index is 12.6. The van der Waals surface area contributed by atoms with Gasteiger partial charge in [-0.3, -0.25) is 4.79 Å². The van der Waals surface area contributed by atoms with Crippen molar-refractivity contribution >= 4 is 5.78 Å². The minimum absolute atomic E-state index is 0.0547. The summed E-state index contributed by atoms with van der Waals surface area (Å²) in [5, 5.41) is 0. The number of hydrogen-bond acceptors (Lipinski definition) is 2. The highest BCUT2D eigenvalue weighted by Crippen LogP contribution is 2.61. The van der Waals surface area contributed by atoms with Gasteiger partial charge in [0.2, 0.25) is 0 Å². The summed E-state index contributed by atoms with van der Waals surface area (Å²) >= 11 is 0. The van der Waals surface area contributed by atoms with Crippen molar-refractivity contribution in [3.05, 3.63) is 23.0 Å². The first kappa shape index (κ1) is 16.4. The Kier molecular flexibility index (Phi) is 4.34. The van der Waals surface area contributed by atoms with Gasteiger partial charge in [0.1, 0.15) is 5.78 Å². The third kappa shape index (κ3) is 2.40. The van der Waals surface area contributed by atoms with E-state index < -0.39 is 0 Å². The fourth-order valence-corrected chi connectivity index (χ4v) is 6.46. The predicted molar refractivity (Wildman–Crippen MR) is 96.5 cm³/mol. The molecule has 24 heavy (non-hydrogen) atoms. The van der Waals surface area contributed by atoms with E-state index >= 15 is 0 Å². The number of fused-ring (bicyclic) bond motifs is 4. The van der Waals surface area contributed by atoms with Crippen LogP contribution < -0.4 is 0 Å². The number of ketones is 1. The zero-order valence-corrected chi connectivity index (χ0v) is 15.4. The molecule has 4 rings (SSSR count). The lowest BCUT2D eigenvalue weighted by Crippen LogP contribution is -2.45. The Morgan fingerprint density at radius 2 is 2.08 bits per heavy atom. The zero-order chi connectivity index (χ0) is 16.7. The molecule has 132 valence electrons. The predicted octanol–water partition coefficient (Wildman–Crippen LogP) is 5.58. The van der Waals surface area contributed by atoms with Gasteiger partial charge < -0.3 is 4.74 Å². The van der Waals surface area contributed by atoms with E-state index in [-0.39, 0.29) is 5.41 Å². The van der Waals surface area contributed by atoms with Gasteiger partial charge in [0.15, 0.2) is 0 Å². The Morgan fingerprint density at radius 3 is 2.88 bits per heavy atom. The molecule has 2 nitrogen and oxygen atoms in total. The molecule has 0 heterocycles. The Balaban J connectivity index is 1.54. The molecule has 4 atom stereocenters. The highest BCUT2D eigenvalue weighted by molar-refractivity contribution is 5.87. The molecule has 4 aliphatic rings. The number of rotatable bonds is 4. The number of Topliss-reactive ketones (excluding diaryl/α,β-unsaturated/α-hetero) is 1. The molecule has 0 aromatic carbocycles. The first-order chi connectivity index (χ1) is 11.7. The zero-order valence-electron chi connectivity index (χ0n) is 15.4. The van der Waals surface area contributed by atoms with Crippen molar-refractivity contribution in [1.82, 2.24) is 0 Å². The molecule has 0 radical (unpaired) electrons. The van der Waals surface area contributed by atoms with Crippen LogP contribution in [-0.2, 0) is 9.53 Å². The van der Waals surface area contributed by atoms with Gasteiger partial charge in [-0.15, -0.1) is 0 Å². The summed E-state index contributed by atoms with van der Waals surface area (Å²) in [5.41, 5.74) is 3.47. The standard InChI is InChI=1S/C22H32O2/c1-3-13-24-16-6-8-17-15(14-16)5-7-19-18(17)11-12-22(4-2)20(19)9-10-21(22)23/h6,18-20H,3-5,7-14H2,1-2H3/t18-,19-,20+,22+/m1/s1. The summed E-state index contributed by atoms with van der Waals surface area (Å²) in [6, 6.07) is 0. The molecule has 2 heteroatoms. The fraction of sp³-hybridized carbons (Fsp3) is 0.773. The van der Waals surface area contributed by atoms with Crippen molar-refractivity contribution in [3.8, 4) is 0 Å². The van der Waals surface area contributed by atoms with Crippen LogP contribution in [0.1, 0.15) is 78.1 Å². The third-order valence-corrected chi connectivity index (χ3v) is 7.62. The second kappa shape index (κ2) is 6.35. The molecule has 0 N–H and O–H groups in total. The average molecular weight is 328 g/mol. The van der Waals surface area contributed by atoms with Gasteiger partial charge in [-0.25, -0.2) is 0 Å². The van der Waals surface area contributed by atoms with Crippen molar-refractivity contribution in [2.24, 2.45) is 23.2 Å². The topological polar surface area (TPSA) is 26.3 Å². The van der Waals surface area contributed by atoms with Crippen LogP contribution in [0.25, 0.3) is 0 Å². The Morgan fingerprint density at radius 1 is 1.21 bits per heavy atom. The van der Waals surface area contributed by atoms with E-state index in [2.05, 4.69) is 19.9 Å². The molecule has 0 saturated heterocycles. The molecule has 0 unspecified atom stereocenters. The van der Waals surface area contributed by atoms with E-state index in [1.807, 2.05) is 0 Å². The number of carbonyl (C=O) groups excluding carboxylic acids is 1. The van der Waals surface area contributed by atoms with E-state index in [1.165, 1.54) is 25.0 Å². The number of allylic oxidation sites excluding steroid dienone is 3. The van der Waals surface area contributed by atoms with Gasteiger partial charge in [0.25, 0.3) is 0 Å². The highest BCUT2D eigenvalue weighted by Gasteiger charge is 2.56. The largest absolute Gasteiger partial charge is 0.498 e. The van der Waals surface area contributed by atoms with Crippen LogP contribution >= 0.6 is 0 Å². The molecule has 0 spiro atoms. The third-order valence-electron chi connectivity index (χ3n) is 7.62. The molecular weight excluding hydrogens is 296 g/mol. The van der Waals surface area contributed by atoms with Gasteiger partial charge in [-0.1, -0.05) is 25.0 Å².